The molecule has 0 unspecified atom stereocenters. The van der Waals surface area contributed by atoms with Gasteiger partial charge in [-0.3, -0.25) is 14.5 Å². The summed E-state index contributed by atoms with van der Waals surface area (Å²) in [6.45, 7) is 0.631. The van der Waals surface area contributed by atoms with Crippen LogP contribution in [0.4, 0.5) is 5.95 Å². The van der Waals surface area contributed by atoms with E-state index in [1.807, 2.05) is 84.9 Å². The Hall–Kier alpha value is -4.98. The molecule has 8 heteroatoms. The molecule has 3 heterocycles. The van der Waals surface area contributed by atoms with Crippen LogP contribution in [-0.4, -0.2) is 31.3 Å². The lowest BCUT2D eigenvalue weighted by atomic mass is 10.1. The van der Waals surface area contributed by atoms with Gasteiger partial charge >= 0.3 is 0 Å². The maximum Gasteiger partial charge on any atom is 0.267 e. The van der Waals surface area contributed by atoms with Crippen LogP contribution in [0.3, 0.4) is 0 Å². The van der Waals surface area contributed by atoms with Crippen LogP contribution in [0.25, 0.3) is 27.6 Å². The van der Waals surface area contributed by atoms with Gasteiger partial charge < -0.3 is 10.1 Å². The standard InChI is InChI=1S/C28H22N6O2/c35-27-24-18-31-33-25(24)23-17-30-28(32-26(23)34(27)20-7-3-1-4-8-20)29-16-15-19-11-13-22(14-12-19)36-21-9-5-2-6-10-21/h1-14,17-18H,15-16H2,(H,31,33)(H,29,30,32). The number of benzene rings is 3. The molecule has 3 aromatic carbocycles. The van der Waals surface area contributed by atoms with Crippen molar-refractivity contribution in [1.82, 2.24) is 24.7 Å². The molecule has 0 fully saturated rings. The molecule has 0 radical (unpaired) electrons. The number of ether oxygens (including phenoxy) is 1. The van der Waals surface area contributed by atoms with Crippen molar-refractivity contribution in [3.63, 3.8) is 0 Å². The highest BCUT2D eigenvalue weighted by molar-refractivity contribution is 6.02. The second-order valence-electron chi connectivity index (χ2n) is 8.30. The zero-order valence-corrected chi connectivity index (χ0v) is 19.3. The van der Waals surface area contributed by atoms with Crippen LogP contribution in [0.5, 0.6) is 11.5 Å². The smallest absolute Gasteiger partial charge is 0.267 e. The SMILES string of the molecule is O=c1c2cn[nH]c2c2cnc(NCCc3ccc(Oc4ccccc4)cc3)nc2n1-c1ccccc1. The first-order valence-electron chi connectivity index (χ1n) is 11.6. The van der Waals surface area contributed by atoms with Crippen molar-refractivity contribution in [3.8, 4) is 17.2 Å². The van der Waals surface area contributed by atoms with Crippen molar-refractivity contribution < 1.29 is 4.74 Å². The van der Waals surface area contributed by atoms with Crippen molar-refractivity contribution in [2.45, 2.75) is 6.42 Å². The molecule has 0 saturated carbocycles. The molecular formula is C28H22N6O2. The molecule has 0 aliphatic rings. The van der Waals surface area contributed by atoms with Gasteiger partial charge in [-0.05, 0) is 48.4 Å². The molecule has 6 aromatic rings. The number of pyridine rings is 1. The Morgan fingerprint density at radius 2 is 1.56 bits per heavy atom. The van der Waals surface area contributed by atoms with Crippen molar-refractivity contribution in [2.75, 3.05) is 11.9 Å². The molecule has 0 bridgehead atoms. The van der Waals surface area contributed by atoms with E-state index in [2.05, 4.69) is 20.5 Å². The van der Waals surface area contributed by atoms with Crippen LogP contribution in [0.15, 0.2) is 102 Å². The zero-order chi connectivity index (χ0) is 24.3. The molecule has 36 heavy (non-hydrogen) atoms. The summed E-state index contributed by atoms with van der Waals surface area (Å²) in [4.78, 5) is 22.5. The molecular weight excluding hydrogens is 452 g/mol. The lowest BCUT2D eigenvalue weighted by Crippen LogP contribution is -2.20. The van der Waals surface area contributed by atoms with Crippen LogP contribution in [0.1, 0.15) is 5.56 Å². The number of H-pyrrole nitrogens is 1. The number of para-hydroxylation sites is 2. The minimum Gasteiger partial charge on any atom is -0.457 e. The largest absolute Gasteiger partial charge is 0.457 e. The van der Waals surface area contributed by atoms with Gasteiger partial charge in [0.1, 0.15) is 11.5 Å². The van der Waals surface area contributed by atoms with E-state index < -0.39 is 0 Å². The van der Waals surface area contributed by atoms with Gasteiger partial charge in [-0.15, -0.1) is 0 Å². The molecule has 0 saturated heterocycles. The summed E-state index contributed by atoms with van der Waals surface area (Å²) >= 11 is 0. The van der Waals surface area contributed by atoms with E-state index in [9.17, 15) is 4.79 Å². The third kappa shape index (κ3) is 4.16. The van der Waals surface area contributed by atoms with E-state index in [1.54, 1.807) is 17.0 Å². The molecule has 176 valence electrons. The van der Waals surface area contributed by atoms with Crippen LogP contribution in [-0.2, 0) is 6.42 Å². The fourth-order valence-electron chi connectivity index (χ4n) is 4.16. The first-order chi connectivity index (χ1) is 17.8. The van der Waals surface area contributed by atoms with Gasteiger partial charge in [0.15, 0.2) is 5.65 Å². The highest BCUT2D eigenvalue weighted by Gasteiger charge is 2.16. The van der Waals surface area contributed by atoms with Gasteiger partial charge in [0.2, 0.25) is 5.95 Å². The van der Waals surface area contributed by atoms with Gasteiger partial charge in [0, 0.05) is 12.7 Å². The summed E-state index contributed by atoms with van der Waals surface area (Å²) in [6, 6.07) is 27.2. The van der Waals surface area contributed by atoms with Gasteiger partial charge in [-0.25, -0.2) is 4.98 Å². The zero-order valence-electron chi connectivity index (χ0n) is 19.3. The first-order valence-corrected chi connectivity index (χ1v) is 11.6. The van der Waals surface area contributed by atoms with Crippen LogP contribution >= 0.6 is 0 Å². The lowest BCUT2D eigenvalue weighted by Gasteiger charge is -2.12. The molecule has 6 rings (SSSR count). The second-order valence-corrected chi connectivity index (χ2v) is 8.30. The van der Waals surface area contributed by atoms with Crippen LogP contribution < -0.4 is 15.6 Å². The van der Waals surface area contributed by atoms with Crippen molar-refractivity contribution in [1.29, 1.82) is 0 Å². The molecule has 0 aliphatic heterocycles. The van der Waals surface area contributed by atoms with Crippen molar-refractivity contribution in [2.24, 2.45) is 0 Å². The average molecular weight is 475 g/mol. The van der Waals surface area contributed by atoms with Gasteiger partial charge in [0.25, 0.3) is 5.56 Å². The summed E-state index contributed by atoms with van der Waals surface area (Å²) in [5, 5.41) is 11.5. The number of hydrogen-bond acceptors (Lipinski definition) is 6. The maximum atomic E-state index is 13.3. The number of nitrogens with zero attached hydrogens (tertiary/aromatic N) is 4. The Kier molecular flexibility index (Phi) is 5.59. The Balaban J connectivity index is 1.22. The van der Waals surface area contributed by atoms with E-state index in [4.69, 9.17) is 9.72 Å². The number of anilines is 1. The topological polar surface area (TPSA) is 97.7 Å². The van der Waals surface area contributed by atoms with Crippen LogP contribution in [0.2, 0.25) is 0 Å². The predicted molar refractivity (Wildman–Crippen MR) is 140 cm³/mol. The quantitative estimate of drug-likeness (QED) is 0.334. The molecule has 2 N–H and O–H groups in total. The molecule has 0 spiro atoms. The molecule has 0 atom stereocenters. The summed E-state index contributed by atoms with van der Waals surface area (Å²) in [7, 11) is 0. The Morgan fingerprint density at radius 1 is 0.833 bits per heavy atom. The van der Waals surface area contributed by atoms with E-state index in [0.29, 0.717) is 29.0 Å². The van der Waals surface area contributed by atoms with E-state index in [0.717, 1.165) is 34.6 Å². The number of aromatic amines is 1. The van der Waals surface area contributed by atoms with Gasteiger partial charge in [0.05, 0.1) is 28.2 Å². The fourth-order valence-corrected chi connectivity index (χ4v) is 4.16. The Morgan fingerprint density at radius 3 is 2.33 bits per heavy atom. The number of aromatic nitrogens is 5. The second kappa shape index (κ2) is 9.34. The van der Waals surface area contributed by atoms with Crippen LogP contribution in [0, 0.1) is 0 Å². The highest BCUT2D eigenvalue weighted by Crippen LogP contribution is 2.23. The maximum absolute atomic E-state index is 13.3. The van der Waals surface area contributed by atoms with Crippen molar-refractivity contribution in [3.05, 3.63) is 113 Å². The monoisotopic (exact) mass is 474 g/mol. The first kappa shape index (κ1) is 21.5. The summed E-state index contributed by atoms with van der Waals surface area (Å²) in [5.74, 6) is 2.05. The fraction of sp³-hybridized carbons (Fsp3) is 0.0714. The minimum absolute atomic E-state index is 0.181. The third-order valence-corrected chi connectivity index (χ3v) is 5.94. The minimum atomic E-state index is -0.181. The predicted octanol–water partition coefficient (Wildman–Crippen LogP) is 5.10. The average Bonchev–Trinajstić information content (AvgIpc) is 3.42. The normalized spacial score (nSPS) is 11.1. The van der Waals surface area contributed by atoms with E-state index >= 15 is 0 Å². The Labute approximate surface area is 206 Å². The molecule has 0 aliphatic carbocycles. The van der Waals surface area contributed by atoms with E-state index in [1.165, 1.54) is 0 Å². The number of rotatable bonds is 7. The third-order valence-electron chi connectivity index (χ3n) is 5.94. The molecule has 8 nitrogen and oxygen atoms in total. The summed E-state index contributed by atoms with van der Waals surface area (Å²) < 4.78 is 7.46. The number of fused-ring (bicyclic) bond motifs is 3. The number of hydrogen-bond donors (Lipinski definition) is 2. The van der Waals surface area contributed by atoms with E-state index in [-0.39, 0.29) is 5.56 Å². The molecule has 0 amide bonds. The summed E-state index contributed by atoms with van der Waals surface area (Å²) in [6.07, 6.45) is 4.04. The Bertz CT molecular complexity index is 1690. The van der Waals surface area contributed by atoms with Gasteiger partial charge in [-0.2, -0.15) is 10.1 Å². The van der Waals surface area contributed by atoms with Crippen molar-refractivity contribution >= 4 is 27.9 Å². The molecule has 3 aromatic heterocycles. The van der Waals surface area contributed by atoms with Gasteiger partial charge in [-0.1, -0.05) is 48.5 Å². The number of nitrogens with one attached hydrogen (secondary N) is 2. The summed E-state index contributed by atoms with van der Waals surface area (Å²) in [5.41, 5.74) is 2.86. The lowest BCUT2D eigenvalue weighted by molar-refractivity contribution is 0.482. The highest BCUT2D eigenvalue weighted by atomic mass is 16.5.